The largest absolute Gasteiger partial charge is 0.466 e. The summed E-state index contributed by atoms with van der Waals surface area (Å²) in [6, 6.07) is 9.30. The zero-order valence-corrected chi connectivity index (χ0v) is 8.98. The number of rotatable bonds is 5. The monoisotopic (exact) mass is 207 g/mol. The molecule has 0 heterocycles. The molecule has 2 N–H and O–H groups in total. The quantitative estimate of drug-likeness (QED) is 0.751. The zero-order chi connectivity index (χ0) is 11.1. The van der Waals surface area contributed by atoms with E-state index in [2.05, 4.69) is 0 Å². The summed E-state index contributed by atoms with van der Waals surface area (Å²) in [7, 11) is 0. The van der Waals surface area contributed by atoms with Gasteiger partial charge < -0.3 is 10.5 Å². The second-order valence-corrected chi connectivity index (χ2v) is 3.44. The topological polar surface area (TPSA) is 52.3 Å². The molecule has 0 amide bonds. The highest BCUT2D eigenvalue weighted by Gasteiger charge is 2.11. The third kappa shape index (κ3) is 4.13. The Morgan fingerprint density at radius 3 is 2.67 bits per heavy atom. The van der Waals surface area contributed by atoms with Gasteiger partial charge in [0.15, 0.2) is 0 Å². The minimum atomic E-state index is -0.268. The fraction of sp³-hybridized carbons (Fsp3) is 0.417. The summed E-state index contributed by atoms with van der Waals surface area (Å²) in [5.41, 5.74) is 6.83. The maximum absolute atomic E-state index is 11.3. The molecule has 0 aromatic heterocycles. The molecule has 0 fully saturated rings. The normalized spacial score (nSPS) is 12.1. The van der Waals surface area contributed by atoms with Gasteiger partial charge in [0.05, 0.1) is 13.0 Å². The van der Waals surface area contributed by atoms with Gasteiger partial charge in [0, 0.05) is 6.04 Å². The number of benzene rings is 1. The van der Waals surface area contributed by atoms with E-state index in [1.54, 1.807) is 0 Å². The predicted octanol–water partition coefficient (Wildman–Crippen LogP) is 2.03. The molecule has 1 rings (SSSR count). The molecule has 0 aliphatic rings. The summed E-state index contributed by atoms with van der Waals surface area (Å²) < 4.78 is 4.96. The molecule has 1 aromatic rings. The molecule has 0 unspecified atom stereocenters. The van der Waals surface area contributed by atoms with Crippen LogP contribution in [0.15, 0.2) is 30.3 Å². The van der Waals surface area contributed by atoms with Crippen LogP contribution in [0.25, 0.3) is 0 Å². The first-order valence-electron chi connectivity index (χ1n) is 5.20. The summed E-state index contributed by atoms with van der Waals surface area (Å²) in [6.07, 6.45) is 1.08. The second-order valence-electron chi connectivity index (χ2n) is 3.44. The van der Waals surface area contributed by atoms with Gasteiger partial charge in [-0.25, -0.2) is 0 Å². The number of esters is 1. The van der Waals surface area contributed by atoms with Crippen LogP contribution in [0, 0.1) is 0 Å². The molecule has 82 valence electrons. The highest BCUT2D eigenvalue weighted by molar-refractivity contribution is 5.70. The Morgan fingerprint density at radius 2 is 2.07 bits per heavy atom. The summed E-state index contributed by atoms with van der Waals surface area (Å²) in [5, 5.41) is 0. The van der Waals surface area contributed by atoms with E-state index in [1.165, 1.54) is 0 Å². The third-order valence-corrected chi connectivity index (χ3v) is 2.08. The molecule has 0 bridgehead atoms. The highest BCUT2D eigenvalue weighted by Crippen LogP contribution is 2.13. The lowest BCUT2D eigenvalue weighted by atomic mass is 10.1. The van der Waals surface area contributed by atoms with Crippen molar-refractivity contribution in [2.24, 2.45) is 5.73 Å². The molecule has 1 aromatic carbocycles. The molecular formula is C12H17NO2. The Kier molecular flexibility index (Phi) is 4.84. The maximum atomic E-state index is 11.3. The molecule has 0 saturated carbocycles. The first-order valence-corrected chi connectivity index (χ1v) is 5.20. The summed E-state index contributed by atoms with van der Waals surface area (Å²) in [5.74, 6) is -0.229. The molecule has 0 aliphatic carbocycles. The van der Waals surface area contributed by atoms with Crippen molar-refractivity contribution in [3.8, 4) is 0 Å². The average molecular weight is 207 g/mol. The number of hydrogen-bond acceptors (Lipinski definition) is 3. The van der Waals surface area contributed by atoms with Crippen molar-refractivity contribution in [1.82, 2.24) is 0 Å². The molecule has 3 nitrogen and oxygen atoms in total. The van der Waals surface area contributed by atoms with Crippen molar-refractivity contribution >= 4 is 5.97 Å². The lowest BCUT2D eigenvalue weighted by Gasteiger charge is -2.10. The second kappa shape index (κ2) is 6.19. The Balaban J connectivity index is 2.42. The molecule has 0 spiro atoms. The van der Waals surface area contributed by atoms with Crippen LogP contribution >= 0.6 is 0 Å². The van der Waals surface area contributed by atoms with E-state index < -0.39 is 0 Å². The van der Waals surface area contributed by atoms with Crippen LogP contribution in [0.3, 0.4) is 0 Å². The summed E-state index contributed by atoms with van der Waals surface area (Å²) in [6.45, 7) is 2.44. The van der Waals surface area contributed by atoms with E-state index in [4.69, 9.17) is 10.5 Å². The van der Waals surface area contributed by atoms with Gasteiger partial charge in [0.2, 0.25) is 0 Å². The highest BCUT2D eigenvalue weighted by atomic mass is 16.5. The predicted molar refractivity (Wildman–Crippen MR) is 59.2 cm³/mol. The molecule has 0 aliphatic heterocycles. The third-order valence-electron chi connectivity index (χ3n) is 2.08. The summed E-state index contributed by atoms with van der Waals surface area (Å²) >= 11 is 0. The first-order chi connectivity index (χ1) is 7.24. The van der Waals surface area contributed by atoms with E-state index in [-0.39, 0.29) is 18.4 Å². The molecule has 0 radical (unpaired) electrons. The van der Waals surface area contributed by atoms with Gasteiger partial charge in [0.1, 0.15) is 0 Å². The van der Waals surface area contributed by atoms with Crippen LogP contribution in [-0.4, -0.2) is 12.6 Å². The zero-order valence-electron chi connectivity index (χ0n) is 8.98. The summed E-state index contributed by atoms with van der Waals surface area (Å²) in [4.78, 5) is 11.3. The van der Waals surface area contributed by atoms with Crippen molar-refractivity contribution in [1.29, 1.82) is 0 Å². The number of ether oxygens (including phenoxy) is 1. The molecule has 15 heavy (non-hydrogen) atoms. The Hall–Kier alpha value is -1.35. The first kappa shape index (κ1) is 11.7. The van der Waals surface area contributed by atoms with Crippen LogP contribution < -0.4 is 5.73 Å². The van der Waals surface area contributed by atoms with E-state index in [9.17, 15) is 4.79 Å². The van der Waals surface area contributed by atoms with Crippen molar-refractivity contribution in [3.63, 3.8) is 0 Å². The van der Waals surface area contributed by atoms with Crippen LogP contribution in [0.4, 0.5) is 0 Å². The van der Waals surface area contributed by atoms with Crippen molar-refractivity contribution < 1.29 is 9.53 Å². The van der Waals surface area contributed by atoms with Crippen LogP contribution in [0.1, 0.15) is 31.4 Å². The van der Waals surface area contributed by atoms with Crippen LogP contribution in [-0.2, 0) is 9.53 Å². The minimum absolute atomic E-state index is 0.229. The van der Waals surface area contributed by atoms with Gasteiger partial charge in [-0.2, -0.15) is 0 Å². The van der Waals surface area contributed by atoms with Crippen LogP contribution in [0.5, 0.6) is 0 Å². The average Bonchev–Trinajstić information content (AvgIpc) is 2.27. The lowest BCUT2D eigenvalue weighted by Crippen LogP contribution is -2.17. The van der Waals surface area contributed by atoms with Crippen molar-refractivity contribution in [3.05, 3.63) is 35.9 Å². The van der Waals surface area contributed by atoms with Crippen molar-refractivity contribution in [2.45, 2.75) is 25.8 Å². The van der Waals surface area contributed by atoms with E-state index in [0.717, 1.165) is 12.0 Å². The molecule has 3 heteroatoms. The van der Waals surface area contributed by atoms with E-state index in [1.807, 2.05) is 37.3 Å². The number of nitrogens with two attached hydrogens (primary N) is 1. The van der Waals surface area contributed by atoms with E-state index >= 15 is 0 Å². The Labute approximate surface area is 90.2 Å². The van der Waals surface area contributed by atoms with E-state index in [0.29, 0.717) is 6.61 Å². The Morgan fingerprint density at radius 1 is 1.40 bits per heavy atom. The number of hydrogen-bond donors (Lipinski definition) is 1. The smallest absolute Gasteiger partial charge is 0.307 e. The molecule has 0 saturated heterocycles. The maximum Gasteiger partial charge on any atom is 0.307 e. The van der Waals surface area contributed by atoms with Gasteiger partial charge >= 0.3 is 5.97 Å². The minimum Gasteiger partial charge on any atom is -0.466 e. The number of carbonyl (C=O) groups is 1. The van der Waals surface area contributed by atoms with Crippen molar-refractivity contribution in [2.75, 3.05) is 6.61 Å². The Bertz CT molecular complexity index is 298. The van der Waals surface area contributed by atoms with Crippen LogP contribution in [0.2, 0.25) is 0 Å². The van der Waals surface area contributed by atoms with Gasteiger partial charge in [-0.3, -0.25) is 4.79 Å². The van der Waals surface area contributed by atoms with Gasteiger partial charge in [-0.1, -0.05) is 37.3 Å². The molecule has 1 atom stereocenters. The number of carbonyl (C=O) groups excluding carboxylic acids is 1. The van der Waals surface area contributed by atoms with Gasteiger partial charge in [0.25, 0.3) is 0 Å². The fourth-order valence-corrected chi connectivity index (χ4v) is 1.27. The fourth-order valence-electron chi connectivity index (χ4n) is 1.27. The van der Waals surface area contributed by atoms with Gasteiger partial charge in [-0.05, 0) is 12.0 Å². The van der Waals surface area contributed by atoms with Gasteiger partial charge in [-0.15, -0.1) is 0 Å². The SMILES string of the molecule is CCCOC(=O)C[C@@H](N)c1ccccc1. The standard InChI is InChI=1S/C12H17NO2/c1-2-8-15-12(14)9-11(13)10-6-4-3-5-7-10/h3-7,11H,2,8-9,13H2,1H3/t11-/m1/s1. The lowest BCUT2D eigenvalue weighted by molar-refractivity contribution is -0.144. The molecular weight excluding hydrogens is 190 g/mol.